The van der Waals surface area contributed by atoms with E-state index in [1.54, 1.807) is 6.20 Å². The topological polar surface area (TPSA) is 34.2 Å². The van der Waals surface area contributed by atoms with Crippen molar-refractivity contribution in [2.75, 3.05) is 12.4 Å². The molecule has 0 aliphatic rings. The van der Waals surface area contributed by atoms with Crippen LogP contribution in [0.5, 0.6) is 5.75 Å². The summed E-state index contributed by atoms with van der Waals surface area (Å²) in [6.07, 6.45) is 1.78. The summed E-state index contributed by atoms with van der Waals surface area (Å²) in [5.41, 5.74) is 4.67. The number of nitrogens with zero attached hydrogens (tertiary/aromatic N) is 1. The largest absolute Gasteiger partial charge is 0.488 e. The molecule has 0 amide bonds. The minimum absolute atomic E-state index is 0.523. The number of ether oxygens (including phenoxy) is 1. The summed E-state index contributed by atoms with van der Waals surface area (Å²) in [6, 6.07) is 8.24. The summed E-state index contributed by atoms with van der Waals surface area (Å²) < 4.78 is 5.97. The molecule has 0 spiro atoms. The van der Waals surface area contributed by atoms with E-state index in [0.29, 0.717) is 6.61 Å². The lowest BCUT2D eigenvalue weighted by molar-refractivity contribution is 0.302. The van der Waals surface area contributed by atoms with E-state index in [-0.39, 0.29) is 0 Å². The van der Waals surface area contributed by atoms with Gasteiger partial charge in [0.2, 0.25) is 0 Å². The minimum Gasteiger partial charge on any atom is -0.488 e. The highest BCUT2D eigenvalue weighted by molar-refractivity contribution is 5.45. The second-order valence-electron chi connectivity index (χ2n) is 4.78. The molecule has 0 saturated heterocycles. The lowest BCUT2D eigenvalue weighted by atomic mass is 10.1. The molecule has 1 heterocycles. The van der Waals surface area contributed by atoms with Crippen LogP contribution >= 0.6 is 0 Å². The Balaban J connectivity index is 2.19. The Kier molecular flexibility index (Phi) is 4.05. The number of hydrogen-bond acceptors (Lipinski definition) is 3. The van der Waals surface area contributed by atoms with E-state index < -0.39 is 0 Å². The number of aryl methyl sites for hydroxylation is 3. The van der Waals surface area contributed by atoms with E-state index in [9.17, 15) is 0 Å². The van der Waals surface area contributed by atoms with Crippen LogP contribution in [0.4, 0.5) is 5.82 Å². The molecule has 1 aromatic heterocycles. The van der Waals surface area contributed by atoms with Gasteiger partial charge >= 0.3 is 0 Å². The molecule has 100 valence electrons. The molecule has 0 aliphatic heterocycles. The summed E-state index contributed by atoms with van der Waals surface area (Å²) in [5.74, 6) is 1.83. The maximum Gasteiger partial charge on any atom is 0.132 e. The Bertz CT molecular complexity index is 556. The van der Waals surface area contributed by atoms with Gasteiger partial charge in [0.15, 0.2) is 0 Å². The van der Waals surface area contributed by atoms with Crippen molar-refractivity contribution in [2.45, 2.75) is 27.4 Å². The van der Waals surface area contributed by atoms with Gasteiger partial charge in [-0.3, -0.25) is 0 Å². The van der Waals surface area contributed by atoms with E-state index in [4.69, 9.17) is 4.74 Å². The number of anilines is 1. The predicted octanol–water partition coefficient (Wildman–Crippen LogP) is 3.63. The highest BCUT2D eigenvalue weighted by atomic mass is 16.5. The van der Waals surface area contributed by atoms with Crippen LogP contribution in [0.2, 0.25) is 0 Å². The van der Waals surface area contributed by atoms with Crippen LogP contribution in [-0.2, 0) is 6.61 Å². The highest BCUT2D eigenvalue weighted by Crippen LogP contribution is 2.26. The molecule has 0 bridgehead atoms. The van der Waals surface area contributed by atoms with Gasteiger partial charge in [0.25, 0.3) is 0 Å². The Morgan fingerprint density at radius 1 is 1.16 bits per heavy atom. The van der Waals surface area contributed by atoms with Crippen LogP contribution in [0, 0.1) is 20.8 Å². The quantitative estimate of drug-likeness (QED) is 0.907. The van der Waals surface area contributed by atoms with Crippen LogP contribution in [0.3, 0.4) is 0 Å². The number of benzene rings is 1. The van der Waals surface area contributed by atoms with Gasteiger partial charge in [-0.25, -0.2) is 4.98 Å². The molecule has 0 fully saturated rings. The van der Waals surface area contributed by atoms with Gasteiger partial charge in [-0.1, -0.05) is 23.8 Å². The molecule has 0 aliphatic carbocycles. The van der Waals surface area contributed by atoms with Gasteiger partial charge in [0.1, 0.15) is 18.2 Å². The maximum atomic E-state index is 5.97. The van der Waals surface area contributed by atoms with E-state index in [1.165, 1.54) is 16.7 Å². The van der Waals surface area contributed by atoms with E-state index in [2.05, 4.69) is 43.2 Å². The Morgan fingerprint density at radius 2 is 1.84 bits per heavy atom. The highest BCUT2D eigenvalue weighted by Gasteiger charge is 2.07. The normalized spacial score (nSPS) is 10.3. The molecule has 0 atom stereocenters. The van der Waals surface area contributed by atoms with Gasteiger partial charge < -0.3 is 10.1 Å². The molecule has 1 N–H and O–H groups in total. The number of pyridine rings is 1. The third-order valence-corrected chi connectivity index (χ3v) is 3.10. The molecule has 19 heavy (non-hydrogen) atoms. The van der Waals surface area contributed by atoms with Crippen molar-refractivity contribution >= 4 is 5.82 Å². The monoisotopic (exact) mass is 256 g/mol. The first-order chi connectivity index (χ1) is 9.11. The van der Waals surface area contributed by atoms with Crippen molar-refractivity contribution in [1.82, 2.24) is 4.98 Å². The van der Waals surface area contributed by atoms with Crippen LogP contribution in [0.15, 0.2) is 30.5 Å². The zero-order chi connectivity index (χ0) is 13.8. The molecule has 0 radical (unpaired) electrons. The second kappa shape index (κ2) is 5.74. The average Bonchev–Trinajstić information content (AvgIpc) is 2.38. The summed E-state index contributed by atoms with van der Waals surface area (Å²) in [7, 11) is 1.87. The fraction of sp³-hybridized carbons (Fsp3) is 0.312. The number of rotatable bonds is 4. The zero-order valence-corrected chi connectivity index (χ0v) is 11.9. The third-order valence-electron chi connectivity index (χ3n) is 3.10. The predicted molar refractivity (Wildman–Crippen MR) is 78.8 cm³/mol. The molecular formula is C16H20N2O. The SMILES string of the molecule is CNc1ncccc1COc1c(C)cc(C)cc1C. The number of aromatic nitrogens is 1. The van der Waals surface area contributed by atoms with Crippen molar-refractivity contribution in [3.8, 4) is 5.75 Å². The maximum absolute atomic E-state index is 5.97. The summed E-state index contributed by atoms with van der Waals surface area (Å²) in [6.45, 7) is 6.79. The fourth-order valence-electron chi connectivity index (χ4n) is 2.32. The van der Waals surface area contributed by atoms with Crippen molar-refractivity contribution in [1.29, 1.82) is 0 Å². The van der Waals surface area contributed by atoms with E-state index in [0.717, 1.165) is 17.1 Å². The van der Waals surface area contributed by atoms with Crippen molar-refractivity contribution in [2.24, 2.45) is 0 Å². The van der Waals surface area contributed by atoms with Crippen molar-refractivity contribution in [3.63, 3.8) is 0 Å². The fourth-order valence-corrected chi connectivity index (χ4v) is 2.32. The van der Waals surface area contributed by atoms with Crippen LogP contribution in [0.1, 0.15) is 22.3 Å². The molecular weight excluding hydrogens is 236 g/mol. The Morgan fingerprint density at radius 3 is 2.47 bits per heavy atom. The molecule has 1 aromatic carbocycles. The third kappa shape index (κ3) is 3.05. The Labute approximate surface area is 114 Å². The lowest BCUT2D eigenvalue weighted by Crippen LogP contribution is -2.04. The second-order valence-corrected chi connectivity index (χ2v) is 4.78. The summed E-state index contributed by atoms with van der Waals surface area (Å²) in [5, 5.41) is 3.08. The van der Waals surface area contributed by atoms with E-state index in [1.807, 2.05) is 19.2 Å². The molecule has 3 heteroatoms. The van der Waals surface area contributed by atoms with Crippen LogP contribution in [-0.4, -0.2) is 12.0 Å². The first kappa shape index (κ1) is 13.4. The van der Waals surface area contributed by atoms with Gasteiger partial charge in [-0.05, 0) is 38.0 Å². The van der Waals surface area contributed by atoms with E-state index >= 15 is 0 Å². The Hall–Kier alpha value is -2.03. The van der Waals surface area contributed by atoms with Gasteiger partial charge in [-0.15, -0.1) is 0 Å². The summed E-state index contributed by atoms with van der Waals surface area (Å²) >= 11 is 0. The standard InChI is InChI=1S/C16H20N2O/c1-11-8-12(2)15(13(3)9-11)19-10-14-6-5-7-18-16(14)17-4/h5-9H,10H2,1-4H3,(H,17,18). The summed E-state index contributed by atoms with van der Waals surface area (Å²) in [4.78, 5) is 4.28. The average molecular weight is 256 g/mol. The zero-order valence-electron chi connectivity index (χ0n) is 11.9. The number of nitrogens with one attached hydrogen (secondary N) is 1. The first-order valence-electron chi connectivity index (χ1n) is 6.44. The van der Waals surface area contributed by atoms with Gasteiger partial charge in [0.05, 0.1) is 0 Å². The molecule has 2 rings (SSSR count). The molecule has 0 unspecified atom stereocenters. The van der Waals surface area contributed by atoms with Crippen LogP contribution < -0.4 is 10.1 Å². The first-order valence-corrected chi connectivity index (χ1v) is 6.44. The minimum atomic E-state index is 0.523. The van der Waals surface area contributed by atoms with Gasteiger partial charge in [-0.2, -0.15) is 0 Å². The van der Waals surface area contributed by atoms with Crippen molar-refractivity contribution in [3.05, 3.63) is 52.7 Å². The van der Waals surface area contributed by atoms with Crippen molar-refractivity contribution < 1.29 is 4.74 Å². The smallest absolute Gasteiger partial charge is 0.132 e. The lowest BCUT2D eigenvalue weighted by Gasteiger charge is -2.14. The van der Waals surface area contributed by atoms with Crippen LogP contribution in [0.25, 0.3) is 0 Å². The van der Waals surface area contributed by atoms with Gasteiger partial charge in [0, 0.05) is 18.8 Å². The molecule has 0 saturated carbocycles. The number of hydrogen-bond donors (Lipinski definition) is 1. The molecule has 3 nitrogen and oxygen atoms in total. The molecule has 2 aromatic rings.